The van der Waals surface area contributed by atoms with Gasteiger partial charge in [0.25, 0.3) is 5.91 Å². The number of rotatable bonds is 5. The van der Waals surface area contributed by atoms with Crippen LogP contribution in [0.5, 0.6) is 5.75 Å². The number of carbonyl (C=O) groups excluding carboxylic acids is 1. The van der Waals surface area contributed by atoms with Crippen LogP contribution in [0, 0.1) is 6.92 Å². The third-order valence-corrected chi connectivity index (χ3v) is 4.90. The van der Waals surface area contributed by atoms with Crippen molar-refractivity contribution >= 4 is 23.3 Å². The number of methoxy groups -OCH3 is 1. The van der Waals surface area contributed by atoms with E-state index in [1.807, 2.05) is 0 Å². The summed E-state index contributed by atoms with van der Waals surface area (Å²) in [6.07, 6.45) is 1.40. The molecule has 0 fully saturated rings. The van der Waals surface area contributed by atoms with Crippen LogP contribution in [0.2, 0.25) is 5.02 Å². The maximum Gasteiger partial charge on any atom is 0.292 e. The van der Waals surface area contributed by atoms with E-state index >= 15 is 0 Å². The minimum atomic E-state index is -0.526. The zero-order valence-electron chi connectivity index (χ0n) is 16.8. The van der Waals surface area contributed by atoms with Crippen LogP contribution in [0.15, 0.2) is 76.1 Å². The molecule has 8 heteroatoms. The topological polar surface area (TPSA) is 86.4 Å². The molecule has 0 saturated heterocycles. The first-order valence-electron chi connectivity index (χ1n) is 9.37. The van der Waals surface area contributed by atoms with E-state index in [4.69, 9.17) is 20.8 Å². The molecule has 0 radical (unpaired) electrons. The van der Waals surface area contributed by atoms with Crippen LogP contribution in [0.1, 0.15) is 16.2 Å². The Hall–Kier alpha value is -3.84. The van der Waals surface area contributed by atoms with Gasteiger partial charge in [-0.1, -0.05) is 35.9 Å². The molecule has 1 N–H and O–H groups in total. The van der Waals surface area contributed by atoms with Crippen molar-refractivity contribution in [3.8, 4) is 22.6 Å². The molecule has 0 spiro atoms. The largest absolute Gasteiger partial charge is 0.496 e. The highest BCUT2D eigenvalue weighted by molar-refractivity contribution is 6.30. The van der Waals surface area contributed by atoms with Crippen molar-refractivity contribution in [2.75, 3.05) is 12.4 Å². The van der Waals surface area contributed by atoms with E-state index in [-0.39, 0.29) is 28.3 Å². The molecule has 0 aliphatic heterocycles. The van der Waals surface area contributed by atoms with Crippen LogP contribution < -0.4 is 15.5 Å². The zero-order chi connectivity index (χ0) is 22.0. The monoisotopic (exact) mass is 435 g/mol. The summed E-state index contributed by atoms with van der Waals surface area (Å²) in [4.78, 5) is 26.1. The van der Waals surface area contributed by atoms with Gasteiger partial charge in [-0.05, 0) is 43.3 Å². The second kappa shape index (κ2) is 8.49. The normalized spacial score (nSPS) is 10.7. The summed E-state index contributed by atoms with van der Waals surface area (Å²) in [5, 5.41) is 7.69. The van der Waals surface area contributed by atoms with Crippen molar-refractivity contribution < 1.29 is 13.9 Å². The number of hydrogen-bond donors (Lipinski definition) is 1. The predicted octanol–water partition coefficient (Wildman–Crippen LogP) is 4.72. The molecule has 2 heterocycles. The average molecular weight is 436 g/mol. The van der Waals surface area contributed by atoms with Crippen molar-refractivity contribution in [1.82, 2.24) is 9.78 Å². The molecule has 0 aliphatic rings. The number of halogens is 1. The molecule has 0 saturated carbocycles. The summed E-state index contributed by atoms with van der Waals surface area (Å²) in [7, 11) is 1.52. The lowest BCUT2D eigenvalue weighted by atomic mass is 10.0. The van der Waals surface area contributed by atoms with E-state index in [1.54, 1.807) is 61.5 Å². The van der Waals surface area contributed by atoms with Gasteiger partial charge in [0.2, 0.25) is 5.43 Å². The Balaban J connectivity index is 2.03. The van der Waals surface area contributed by atoms with Crippen molar-refractivity contribution in [3.05, 3.63) is 93.6 Å². The molecule has 0 unspecified atom stereocenters. The third kappa shape index (κ3) is 3.95. The first kappa shape index (κ1) is 20.4. The molecule has 156 valence electrons. The summed E-state index contributed by atoms with van der Waals surface area (Å²) < 4.78 is 12.2. The van der Waals surface area contributed by atoms with Crippen LogP contribution >= 0.6 is 11.6 Å². The Labute approximate surface area is 182 Å². The standard InChI is InChI=1S/C23H18ClN3O4/c1-14-21(28)20(17-9-3-4-10-18(17)30-2)22(25-23(29)19-11-6-12-31-19)27(26-14)16-8-5-7-15(24)13-16/h3-13H,1-2H3,(H,25,29). The molecule has 31 heavy (non-hydrogen) atoms. The molecule has 0 aliphatic carbocycles. The number of carbonyl (C=O) groups is 1. The van der Waals surface area contributed by atoms with Crippen LogP contribution in [-0.2, 0) is 0 Å². The molecule has 4 rings (SSSR count). The van der Waals surface area contributed by atoms with Gasteiger partial charge in [0.05, 0.1) is 24.6 Å². The number of benzene rings is 2. The first-order valence-corrected chi connectivity index (χ1v) is 9.75. The second-order valence-corrected chi connectivity index (χ2v) is 7.10. The van der Waals surface area contributed by atoms with Gasteiger partial charge in [0, 0.05) is 10.6 Å². The summed E-state index contributed by atoms with van der Waals surface area (Å²) in [5.74, 6) is 0.221. The summed E-state index contributed by atoms with van der Waals surface area (Å²) in [6, 6.07) is 17.2. The maximum atomic E-state index is 13.2. The van der Waals surface area contributed by atoms with Crippen molar-refractivity contribution in [2.24, 2.45) is 0 Å². The predicted molar refractivity (Wildman–Crippen MR) is 118 cm³/mol. The zero-order valence-corrected chi connectivity index (χ0v) is 17.5. The molecular formula is C23H18ClN3O4. The average Bonchev–Trinajstić information content (AvgIpc) is 3.31. The van der Waals surface area contributed by atoms with Gasteiger partial charge in [0.15, 0.2) is 5.76 Å². The smallest absolute Gasteiger partial charge is 0.292 e. The Morgan fingerprint density at radius 3 is 2.65 bits per heavy atom. The molecule has 4 aromatic rings. The maximum absolute atomic E-state index is 13.2. The van der Waals surface area contributed by atoms with Crippen molar-refractivity contribution in [3.63, 3.8) is 0 Å². The van der Waals surface area contributed by atoms with Crippen LogP contribution in [0.4, 0.5) is 5.82 Å². The van der Waals surface area contributed by atoms with E-state index in [0.717, 1.165) is 0 Å². The number of aryl methyl sites for hydroxylation is 1. The van der Waals surface area contributed by atoms with E-state index in [0.29, 0.717) is 22.0 Å². The quantitative estimate of drug-likeness (QED) is 0.490. The van der Waals surface area contributed by atoms with Crippen LogP contribution in [0.25, 0.3) is 16.8 Å². The number of nitrogens with one attached hydrogen (secondary N) is 1. The summed E-state index contributed by atoms with van der Waals surface area (Å²) in [5.41, 5.74) is 1.24. The molecule has 7 nitrogen and oxygen atoms in total. The van der Waals surface area contributed by atoms with Gasteiger partial charge in [0.1, 0.15) is 17.3 Å². The molecule has 2 aromatic carbocycles. The molecule has 1 amide bonds. The number of furan rings is 1. The highest BCUT2D eigenvalue weighted by Crippen LogP contribution is 2.34. The van der Waals surface area contributed by atoms with E-state index in [1.165, 1.54) is 24.1 Å². The number of aromatic nitrogens is 2. The van der Waals surface area contributed by atoms with E-state index in [9.17, 15) is 9.59 Å². The number of ether oxygens (including phenoxy) is 1. The Morgan fingerprint density at radius 1 is 1.13 bits per heavy atom. The van der Waals surface area contributed by atoms with Gasteiger partial charge >= 0.3 is 0 Å². The molecule has 2 aromatic heterocycles. The lowest BCUT2D eigenvalue weighted by molar-refractivity contribution is 0.0996. The number of anilines is 1. The van der Waals surface area contributed by atoms with Crippen molar-refractivity contribution in [1.29, 1.82) is 0 Å². The van der Waals surface area contributed by atoms with Gasteiger partial charge in [-0.2, -0.15) is 5.10 Å². The van der Waals surface area contributed by atoms with E-state index in [2.05, 4.69) is 10.4 Å². The fourth-order valence-electron chi connectivity index (χ4n) is 3.23. The Kier molecular flexibility index (Phi) is 5.60. The highest BCUT2D eigenvalue weighted by Gasteiger charge is 2.23. The minimum absolute atomic E-state index is 0.0941. The SMILES string of the molecule is COc1ccccc1-c1c(NC(=O)c2ccco2)n(-c2cccc(Cl)c2)nc(C)c1=O. The molecular weight excluding hydrogens is 418 g/mol. The first-order chi connectivity index (χ1) is 15.0. The number of nitrogens with zero attached hydrogens (tertiary/aromatic N) is 2. The van der Waals surface area contributed by atoms with Crippen LogP contribution in [-0.4, -0.2) is 22.8 Å². The number of amides is 1. The van der Waals surface area contributed by atoms with Gasteiger partial charge in [-0.15, -0.1) is 0 Å². The van der Waals surface area contributed by atoms with Gasteiger partial charge < -0.3 is 14.5 Å². The lowest BCUT2D eigenvalue weighted by Gasteiger charge is -2.19. The summed E-state index contributed by atoms with van der Waals surface area (Å²) >= 11 is 6.18. The molecule has 0 atom stereocenters. The summed E-state index contributed by atoms with van der Waals surface area (Å²) in [6.45, 7) is 1.61. The molecule has 0 bridgehead atoms. The number of hydrogen-bond acceptors (Lipinski definition) is 5. The van der Waals surface area contributed by atoms with Crippen molar-refractivity contribution in [2.45, 2.75) is 6.92 Å². The third-order valence-electron chi connectivity index (χ3n) is 4.66. The fourth-order valence-corrected chi connectivity index (χ4v) is 3.41. The van der Waals surface area contributed by atoms with Gasteiger partial charge in [-0.3, -0.25) is 9.59 Å². The Morgan fingerprint density at radius 2 is 1.94 bits per heavy atom. The lowest BCUT2D eigenvalue weighted by Crippen LogP contribution is -2.25. The van der Waals surface area contributed by atoms with Gasteiger partial charge in [-0.25, -0.2) is 4.68 Å². The second-order valence-electron chi connectivity index (χ2n) is 6.66. The highest BCUT2D eigenvalue weighted by atomic mass is 35.5. The number of para-hydroxylation sites is 1. The van der Waals surface area contributed by atoms with Crippen LogP contribution in [0.3, 0.4) is 0 Å². The van der Waals surface area contributed by atoms with E-state index < -0.39 is 5.91 Å². The Bertz CT molecular complexity index is 1310. The minimum Gasteiger partial charge on any atom is -0.496 e. The fraction of sp³-hybridized carbons (Fsp3) is 0.0870.